The summed E-state index contributed by atoms with van der Waals surface area (Å²) in [7, 11) is 0. The summed E-state index contributed by atoms with van der Waals surface area (Å²) in [6, 6.07) is 144. The van der Waals surface area contributed by atoms with Gasteiger partial charge in [0.05, 0.1) is 11.0 Å². The molecule has 0 unspecified atom stereocenters. The average Bonchev–Trinajstić information content (AvgIpc) is 1.59. The molecule has 0 saturated carbocycles. The van der Waals surface area contributed by atoms with E-state index in [-0.39, 0.29) is 43.3 Å². The lowest BCUT2D eigenvalue weighted by Gasteiger charge is -2.20. The van der Waals surface area contributed by atoms with Gasteiger partial charge in [0.15, 0.2) is 0 Å². The maximum atomic E-state index is 2.50. The fourth-order valence-corrected chi connectivity index (χ4v) is 19.3. The first-order valence-corrected chi connectivity index (χ1v) is 48.8. The third kappa shape index (κ3) is 19.8. The van der Waals surface area contributed by atoms with Gasteiger partial charge < -0.3 is 4.57 Å². The highest BCUT2D eigenvalue weighted by Crippen LogP contribution is 2.48. The molecular formula is C134H133N. The second kappa shape index (κ2) is 35.1. The molecular weight excluding hydrogens is 1620 g/mol. The quantitative estimate of drug-likeness (QED) is 0.0964. The third-order valence-corrected chi connectivity index (χ3v) is 28.1. The Morgan fingerprint density at radius 3 is 0.385 bits per heavy atom. The van der Waals surface area contributed by atoms with Gasteiger partial charge in [-0.15, -0.1) is 0 Å². The van der Waals surface area contributed by atoms with Gasteiger partial charge >= 0.3 is 0 Å². The van der Waals surface area contributed by atoms with Gasteiger partial charge in [-0.3, -0.25) is 0 Å². The van der Waals surface area contributed by atoms with Crippen molar-refractivity contribution < 1.29 is 0 Å². The summed E-state index contributed by atoms with van der Waals surface area (Å²) in [5, 5.41) is 2.33. The van der Waals surface area contributed by atoms with Crippen molar-refractivity contribution in [2.75, 3.05) is 0 Å². The van der Waals surface area contributed by atoms with E-state index in [4.69, 9.17) is 0 Å². The average molecular weight is 1760 g/mol. The van der Waals surface area contributed by atoms with Crippen molar-refractivity contribution in [1.82, 2.24) is 4.57 Å². The van der Waals surface area contributed by atoms with Crippen molar-refractivity contribution in [3.63, 3.8) is 0 Å². The Hall–Kier alpha value is -13.5. The van der Waals surface area contributed by atoms with Crippen LogP contribution in [-0.2, 0) is 43.3 Å². The molecule has 0 radical (unpaired) electrons. The first kappa shape index (κ1) is 92.0. The highest BCUT2D eigenvalue weighted by Gasteiger charge is 2.27. The minimum atomic E-state index is -0.00114. The Labute approximate surface area is 806 Å². The van der Waals surface area contributed by atoms with Crippen molar-refractivity contribution in [3.05, 3.63) is 415 Å². The van der Waals surface area contributed by atoms with Crippen LogP contribution >= 0.6 is 0 Å². The molecule has 1 heteroatoms. The molecule has 17 aromatic carbocycles. The first-order chi connectivity index (χ1) is 63.8. The summed E-state index contributed by atoms with van der Waals surface area (Å²) in [5.41, 5.74) is 46.3. The monoisotopic (exact) mass is 1760 g/mol. The fourth-order valence-electron chi connectivity index (χ4n) is 19.3. The summed E-state index contributed by atoms with van der Waals surface area (Å²) in [4.78, 5) is 0. The van der Waals surface area contributed by atoms with Gasteiger partial charge in [0.1, 0.15) is 0 Å². The molecule has 0 amide bonds. The lowest BCUT2D eigenvalue weighted by molar-refractivity contribution is 0.590. The number of aromatic nitrogens is 1. The normalized spacial score (nSPS) is 12.6. The Kier molecular flexibility index (Phi) is 23.9. The predicted molar refractivity (Wildman–Crippen MR) is 586 cm³/mol. The predicted octanol–water partition coefficient (Wildman–Crippen LogP) is 38.5. The van der Waals surface area contributed by atoms with Crippen molar-refractivity contribution in [2.24, 2.45) is 0 Å². The summed E-state index contributed by atoms with van der Waals surface area (Å²) < 4.78 is 2.48. The molecule has 0 spiro atoms. The largest absolute Gasteiger partial charge is 0.309 e. The standard InChI is InChI=1S/C134H133N/c1-127(2,3)114-48-30-86(31-49-114)96-66-97(87-32-50-115(51-33-87)128(4,5)6)71-106(70-96)110-78-104(79-111(82-110)107-72-98(88-34-52-116(53-35-88)129(7,8)9)67-99(73-107)89-36-54-117(55-37-89)130(10,11)12)94-46-64-125-123(84-94)124-85-95(47-65-126(124)135(125)122-28-26-25-27-29-122)105-80-112(108-74-100(90-38-56-118(57-39-90)131(13,14)15)68-101(75-108)91-40-58-119(59-41-91)132(16,17)18)83-113(81-105)109-76-102(92-42-60-120(61-43-92)133(19,20)21)69-103(77-109)93-44-62-121(63-45-93)134(22,23)24/h25-85H,1-24H3. The van der Waals surface area contributed by atoms with E-state index in [2.05, 4.69) is 541 Å². The van der Waals surface area contributed by atoms with Crippen LogP contribution in [0.1, 0.15) is 211 Å². The second-order valence-electron chi connectivity index (χ2n) is 46.5. The molecule has 1 heterocycles. The minimum absolute atomic E-state index is 0.00114. The van der Waals surface area contributed by atoms with E-state index < -0.39 is 0 Å². The summed E-state index contributed by atoms with van der Waals surface area (Å²) in [5.74, 6) is 0. The zero-order chi connectivity index (χ0) is 95.4. The van der Waals surface area contributed by atoms with E-state index in [0.717, 1.165) is 83.5 Å². The molecule has 18 rings (SSSR count). The number of rotatable bonds is 15. The molecule has 674 valence electrons. The van der Waals surface area contributed by atoms with E-state index in [1.54, 1.807) is 0 Å². The molecule has 1 aromatic heterocycles. The van der Waals surface area contributed by atoms with Crippen LogP contribution in [0, 0.1) is 0 Å². The van der Waals surface area contributed by atoms with Gasteiger partial charge in [0.2, 0.25) is 0 Å². The molecule has 0 bridgehead atoms. The number of benzene rings is 17. The van der Waals surface area contributed by atoms with Crippen LogP contribution < -0.4 is 0 Å². The lowest BCUT2D eigenvalue weighted by Crippen LogP contribution is -2.10. The van der Waals surface area contributed by atoms with Crippen LogP contribution in [0.4, 0.5) is 0 Å². The molecule has 135 heavy (non-hydrogen) atoms. The smallest absolute Gasteiger partial charge is 0.0541 e. The topological polar surface area (TPSA) is 4.93 Å². The first-order valence-electron chi connectivity index (χ1n) is 48.8. The molecule has 18 aromatic rings. The van der Waals surface area contributed by atoms with Gasteiger partial charge in [-0.1, -0.05) is 391 Å². The van der Waals surface area contributed by atoms with E-state index >= 15 is 0 Å². The minimum Gasteiger partial charge on any atom is -0.309 e. The van der Waals surface area contributed by atoms with Crippen molar-refractivity contribution in [3.8, 4) is 161 Å². The summed E-state index contributed by atoms with van der Waals surface area (Å²) in [6.07, 6.45) is 0. The number of fused-ring (bicyclic) bond motifs is 3. The zero-order valence-corrected chi connectivity index (χ0v) is 84.2. The Morgan fingerprint density at radius 1 is 0.119 bits per heavy atom. The second-order valence-corrected chi connectivity index (χ2v) is 46.5. The van der Waals surface area contributed by atoms with Gasteiger partial charge in [0, 0.05) is 16.5 Å². The maximum Gasteiger partial charge on any atom is 0.0541 e. The Morgan fingerprint density at radius 2 is 0.244 bits per heavy atom. The molecule has 0 aliphatic carbocycles. The molecule has 0 N–H and O–H groups in total. The SMILES string of the molecule is CC(C)(C)c1ccc(-c2cc(-c3ccc(C(C)(C)C)cc3)cc(-c3cc(-c4cc(-c5ccc(C(C)(C)C)cc5)cc(-c5ccc(C(C)(C)C)cc5)c4)cc(-c4ccc5c(c4)c4cc(-c6cc(-c7cc(-c8ccc(C(C)(C)C)cc8)cc(-c8ccc(C(C)(C)C)cc8)c7)cc(-c7cc(-c8ccc(C(C)(C)C)cc8)cc(-c8ccc(C(C)(C)C)cc8)c7)c6)ccc4n5-c4ccccc4)c3)c2)cc1. The molecule has 1 nitrogen and oxygen atoms in total. The maximum absolute atomic E-state index is 2.50. The number of nitrogens with zero attached hydrogens (tertiary/aromatic N) is 1. The van der Waals surface area contributed by atoms with E-state index in [9.17, 15) is 0 Å². The summed E-state index contributed by atoms with van der Waals surface area (Å²) in [6.45, 7) is 55.2. The molecule has 0 atom stereocenters. The van der Waals surface area contributed by atoms with E-state index in [1.807, 2.05) is 0 Å². The third-order valence-electron chi connectivity index (χ3n) is 28.1. The molecule has 0 saturated heterocycles. The molecule has 0 aliphatic rings. The molecule has 0 fully saturated rings. The van der Waals surface area contributed by atoms with Gasteiger partial charge in [-0.05, 0) is 389 Å². The van der Waals surface area contributed by atoms with Crippen molar-refractivity contribution in [1.29, 1.82) is 0 Å². The fraction of sp³-hybridized carbons (Fsp3) is 0.239. The van der Waals surface area contributed by atoms with E-state index in [1.165, 1.54) is 144 Å². The Balaban J connectivity index is 0.884. The molecule has 0 aliphatic heterocycles. The van der Waals surface area contributed by atoms with E-state index in [0.29, 0.717) is 0 Å². The number of hydrogen-bond donors (Lipinski definition) is 0. The number of para-hydroxylation sites is 1. The van der Waals surface area contributed by atoms with Crippen LogP contribution in [-0.4, -0.2) is 4.57 Å². The van der Waals surface area contributed by atoms with Crippen LogP contribution in [0.2, 0.25) is 0 Å². The van der Waals surface area contributed by atoms with Crippen molar-refractivity contribution >= 4 is 21.8 Å². The van der Waals surface area contributed by atoms with Crippen LogP contribution in [0.3, 0.4) is 0 Å². The highest BCUT2D eigenvalue weighted by molar-refractivity contribution is 6.12. The summed E-state index contributed by atoms with van der Waals surface area (Å²) >= 11 is 0. The van der Waals surface area contributed by atoms with Crippen molar-refractivity contribution in [2.45, 2.75) is 209 Å². The zero-order valence-electron chi connectivity index (χ0n) is 84.2. The van der Waals surface area contributed by atoms with Crippen LogP contribution in [0.5, 0.6) is 0 Å². The Bertz CT molecular complexity index is 6340. The lowest BCUT2D eigenvalue weighted by atomic mass is 9.84. The van der Waals surface area contributed by atoms with Gasteiger partial charge in [-0.2, -0.15) is 0 Å². The van der Waals surface area contributed by atoms with Gasteiger partial charge in [-0.25, -0.2) is 0 Å². The van der Waals surface area contributed by atoms with Gasteiger partial charge in [0.25, 0.3) is 0 Å². The van der Waals surface area contributed by atoms with Crippen LogP contribution in [0.15, 0.2) is 370 Å². The highest BCUT2D eigenvalue weighted by atomic mass is 15.0. The number of hydrogen-bond acceptors (Lipinski definition) is 0. The van der Waals surface area contributed by atoms with Crippen LogP contribution in [0.25, 0.3) is 183 Å².